The number of aromatic amines is 1. The number of hydrogen-bond donors (Lipinski definition) is 1. The number of nitrogens with one attached hydrogen (secondary N) is 1. The number of nitrogens with zero attached hydrogens (tertiary/aromatic N) is 4. The molecule has 2 aliphatic rings. The van der Waals surface area contributed by atoms with Crippen molar-refractivity contribution in [3.8, 4) is 6.07 Å². The van der Waals surface area contributed by atoms with E-state index in [2.05, 4.69) is 20.9 Å². The smallest absolute Gasteiger partial charge is 0.259 e. The van der Waals surface area contributed by atoms with Crippen molar-refractivity contribution in [2.45, 2.75) is 38.1 Å². The van der Waals surface area contributed by atoms with Crippen molar-refractivity contribution in [1.29, 1.82) is 5.26 Å². The van der Waals surface area contributed by atoms with Gasteiger partial charge in [-0.15, -0.1) is 0 Å². The molecule has 3 heterocycles. The van der Waals surface area contributed by atoms with Crippen LogP contribution in [0, 0.1) is 11.3 Å². The number of hydrogen-bond acceptors (Lipinski definition) is 4. The number of nitriles is 1. The number of carbonyl (C=O) groups is 1. The topological polar surface area (TPSA) is 76.0 Å². The van der Waals surface area contributed by atoms with E-state index in [4.69, 9.17) is 5.26 Å². The second-order valence-corrected chi connectivity index (χ2v) is 6.32. The number of anilines is 1. The Morgan fingerprint density at radius 3 is 2.84 bits per heavy atom. The molecule has 1 fully saturated rings. The minimum Gasteiger partial charge on any atom is -0.349 e. The molecule has 0 unspecified atom stereocenters. The summed E-state index contributed by atoms with van der Waals surface area (Å²) in [4.78, 5) is 24.1. The molecule has 1 aliphatic carbocycles. The number of aromatic nitrogens is 2. The fraction of sp³-hybridized carbons (Fsp3) is 0.500. The Labute approximate surface area is 146 Å². The molecule has 1 N–H and O–H groups in total. The highest BCUT2D eigenvalue weighted by molar-refractivity contribution is 6.08. The molecule has 2 aromatic heterocycles. The highest BCUT2D eigenvalue weighted by Gasteiger charge is 2.35. The quantitative estimate of drug-likeness (QED) is 0.850. The van der Waals surface area contributed by atoms with Crippen LogP contribution >= 0.6 is 0 Å². The maximum atomic E-state index is 12.7. The lowest BCUT2D eigenvalue weighted by Gasteiger charge is -2.43. The Hall–Kier alpha value is -2.62. The van der Waals surface area contributed by atoms with Crippen LogP contribution in [0.1, 0.15) is 42.5 Å². The van der Waals surface area contributed by atoms with Crippen molar-refractivity contribution in [3.05, 3.63) is 24.0 Å². The van der Waals surface area contributed by atoms with Gasteiger partial charge in [-0.1, -0.05) is 19.3 Å². The summed E-state index contributed by atoms with van der Waals surface area (Å²) in [5.74, 6) is -0.0933. The third kappa shape index (κ3) is 3.04. The van der Waals surface area contributed by atoms with E-state index in [0.717, 1.165) is 29.6 Å². The van der Waals surface area contributed by atoms with Gasteiger partial charge in [0.1, 0.15) is 12.2 Å². The van der Waals surface area contributed by atoms with E-state index in [-0.39, 0.29) is 12.5 Å². The van der Waals surface area contributed by atoms with Gasteiger partial charge in [0.05, 0.1) is 31.2 Å². The van der Waals surface area contributed by atoms with Crippen LogP contribution in [0.15, 0.2) is 18.5 Å². The number of pyridine rings is 1. The number of amides is 1. The van der Waals surface area contributed by atoms with Crippen LogP contribution < -0.4 is 4.90 Å². The first-order valence-electron chi connectivity index (χ1n) is 8.56. The first-order valence-corrected chi connectivity index (χ1v) is 8.56. The summed E-state index contributed by atoms with van der Waals surface area (Å²) in [6.07, 6.45) is 9.53. The molecule has 0 saturated heterocycles. The fourth-order valence-electron chi connectivity index (χ4n) is 3.85. The molecule has 25 heavy (non-hydrogen) atoms. The number of H-pyrrole nitrogens is 1. The summed E-state index contributed by atoms with van der Waals surface area (Å²) >= 11 is 0. The van der Waals surface area contributed by atoms with Gasteiger partial charge in [0.15, 0.2) is 0 Å². The standard InChI is InChI=1S/C17H19N5O.CH3F/c18-7-9-21-11-22(12-4-2-1-3-5-12)15-13-6-8-19-16(13)20-10-14(15)17(21)23;1-2/h6,8,10,12H,1-5,9,11H2,(H,19,20);1H3. The van der Waals surface area contributed by atoms with Gasteiger partial charge in [0.25, 0.3) is 5.91 Å². The fourth-order valence-corrected chi connectivity index (χ4v) is 3.85. The third-order valence-corrected chi connectivity index (χ3v) is 4.96. The Kier molecular flexibility index (Phi) is 5.17. The molecule has 4 rings (SSSR count). The Morgan fingerprint density at radius 1 is 1.36 bits per heavy atom. The number of rotatable bonds is 2. The zero-order valence-electron chi connectivity index (χ0n) is 14.3. The van der Waals surface area contributed by atoms with Crippen molar-refractivity contribution < 1.29 is 9.18 Å². The summed E-state index contributed by atoms with van der Waals surface area (Å²) in [7, 11) is 0.500. The molecule has 0 spiro atoms. The molecule has 132 valence electrons. The van der Waals surface area contributed by atoms with Gasteiger partial charge in [0, 0.05) is 23.8 Å². The first-order chi connectivity index (χ1) is 12.3. The van der Waals surface area contributed by atoms with Crippen LogP contribution in [0.5, 0.6) is 0 Å². The normalized spacial score (nSPS) is 17.7. The van der Waals surface area contributed by atoms with Crippen molar-refractivity contribution in [2.24, 2.45) is 0 Å². The van der Waals surface area contributed by atoms with E-state index in [1.807, 2.05) is 12.3 Å². The van der Waals surface area contributed by atoms with E-state index in [9.17, 15) is 9.18 Å². The molecule has 1 saturated carbocycles. The number of halogens is 1. The third-order valence-electron chi connectivity index (χ3n) is 4.96. The minimum absolute atomic E-state index is 0.0933. The zero-order chi connectivity index (χ0) is 17.8. The highest BCUT2D eigenvalue weighted by Crippen LogP contribution is 2.37. The van der Waals surface area contributed by atoms with Crippen LogP contribution in [0.25, 0.3) is 11.0 Å². The molecule has 0 atom stereocenters. The zero-order valence-corrected chi connectivity index (χ0v) is 14.3. The summed E-state index contributed by atoms with van der Waals surface area (Å²) in [5.41, 5.74) is 2.41. The van der Waals surface area contributed by atoms with Crippen LogP contribution in [-0.4, -0.2) is 47.2 Å². The molecule has 7 heteroatoms. The van der Waals surface area contributed by atoms with Gasteiger partial charge in [-0.3, -0.25) is 9.18 Å². The van der Waals surface area contributed by atoms with Crippen molar-refractivity contribution >= 4 is 22.6 Å². The molecular weight excluding hydrogens is 321 g/mol. The van der Waals surface area contributed by atoms with Crippen LogP contribution in [0.4, 0.5) is 10.1 Å². The second kappa shape index (κ2) is 7.51. The van der Waals surface area contributed by atoms with Crippen molar-refractivity contribution in [2.75, 3.05) is 25.3 Å². The lowest BCUT2D eigenvalue weighted by molar-refractivity contribution is 0.0755. The summed E-state index contributed by atoms with van der Waals surface area (Å²) in [6.45, 7) is 0.612. The Balaban J connectivity index is 0.000000880. The average Bonchev–Trinajstić information content (AvgIpc) is 3.15. The SMILES string of the molecule is CF.N#CCN1CN(C2CCCCC2)c2c(cnc3[nH]ccc23)C1=O. The molecule has 1 amide bonds. The molecular formula is C18H22FN5O. The molecule has 0 bridgehead atoms. The molecule has 6 nitrogen and oxygen atoms in total. The van der Waals surface area contributed by atoms with E-state index >= 15 is 0 Å². The summed E-state index contributed by atoms with van der Waals surface area (Å²) in [6, 6.07) is 4.52. The average molecular weight is 343 g/mol. The van der Waals surface area contributed by atoms with E-state index in [0.29, 0.717) is 25.5 Å². The van der Waals surface area contributed by atoms with Crippen LogP contribution in [0.3, 0.4) is 0 Å². The highest BCUT2D eigenvalue weighted by atomic mass is 19.1. The first kappa shape index (κ1) is 17.2. The number of fused-ring (bicyclic) bond motifs is 3. The van der Waals surface area contributed by atoms with E-state index in [1.165, 1.54) is 19.3 Å². The minimum atomic E-state index is -0.0933. The molecule has 1 aliphatic heterocycles. The molecule has 2 aromatic rings. The largest absolute Gasteiger partial charge is 0.349 e. The van der Waals surface area contributed by atoms with Gasteiger partial charge in [-0.25, -0.2) is 4.98 Å². The predicted octanol–water partition coefficient (Wildman–Crippen LogP) is 3.22. The number of carbonyl (C=O) groups excluding carboxylic acids is 1. The Bertz CT molecular complexity index is 790. The lowest BCUT2D eigenvalue weighted by atomic mass is 9.92. The van der Waals surface area contributed by atoms with Crippen molar-refractivity contribution in [1.82, 2.24) is 14.9 Å². The molecule has 0 radical (unpaired) electrons. The van der Waals surface area contributed by atoms with Gasteiger partial charge in [-0.05, 0) is 18.9 Å². The maximum Gasteiger partial charge on any atom is 0.259 e. The van der Waals surface area contributed by atoms with E-state index < -0.39 is 0 Å². The second-order valence-electron chi connectivity index (χ2n) is 6.32. The van der Waals surface area contributed by atoms with Gasteiger partial charge in [0.2, 0.25) is 0 Å². The monoisotopic (exact) mass is 343 g/mol. The predicted molar refractivity (Wildman–Crippen MR) is 94.0 cm³/mol. The van der Waals surface area contributed by atoms with Gasteiger partial charge >= 0.3 is 0 Å². The van der Waals surface area contributed by atoms with Crippen LogP contribution in [0.2, 0.25) is 0 Å². The number of alkyl halides is 1. The summed E-state index contributed by atoms with van der Waals surface area (Å²) < 4.78 is 9.50. The Morgan fingerprint density at radius 2 is 2.12 bits per heavy atom. The van der Waals surface area contributed by atoms with Crippen molar-refractivity contribution in [3.63, 3.8) is 0 Å². The van der Waals surface area contributed by atoms with Crippen LogP contribution in [-0.2, 0) is 0 Å². The van der Waals surface area contributed by atoms with Gasteiger partial charge in [-0.2, -0.15) is 5.26 Å². The van der Waals surface area contributed by atoms with E-state index in [1.54, 1.807) is 11.1 Å². The maximum absolute atomic E-state index is 12.7. The molecule has 0 aromatic carbocycles. The van der Waals surface area contributed by atoms with Gasteiger partial charge < -0.3 is 14.8 Å². The lowest BCUT2D eigenvalue weighted by Crippen LogP contribution is -2.51. The summed E-state index contributed by atoms with van der Waals surface area (Å²) in [5, 5.41) is 10.0.